The first-order chi connectivity index (χ1) is 17.7. The first-order valence-corrected chi connectivity index (χ1v) is 14.1. The van der Waals surface area contributed by atoms with Crippen LogP contribution in [0, 0.1) is 0 Å². The predicted molar refractivity (Wildman–Crippen MR) is 140 cm³/mol. The van der Waals surface area contributed by atoms with Gasteiger partial charge in [-0.3, -0.25) is 8.98 Å². The molecule has 1 fully saturated rings. The minimum absolute atomic E-state index is 0.239. The highest BCUT2D eigenvalue weighted by Gasteiger charge is 2.36. The van der Waals surface area contributed by atoms with Crippen LogP contribution in [0.15, 0.2) is 48.2 Å². The molecule has 0 radical (unpaired) electrons. The van der Waals surface area contributed by atoms with Crippen LogP contribution in [-0.4, -0.2) is 54.6 Å². The number of hydrogen-bond donors (Lipinski definition) is 3. The van der Waals surface area contributed by atoms with Crippen LogP contribution in [0.4, 0.5) is 5.82 Å². The molecule has 0 saturated heterocycles. The highest BCUT2D eigenvalue weighted by molar-refractivity contribution is 7.84. The monoisotopic (exact) mass is 546 g/mol. The average Bonchev–Trinajstić information content (AvgIpc) is 3.49. The zero-order valence-corrected chi connectivity index (χ0v) is 22.4. The number of ether oxygens (including phenoxy) is 1. The summed E-state index contributed by atoms with van der Waals surface area (Å²) in [7, 11) is -2.90. The largest absolute Gasteiger partial charge is 0.489 e. The van der Waals surface area contributed by atoms with Gasteiger partial charge in [0, 0.05) is 17.8 Å². The van der Waals surface area contributed by atoms with Crippen molar-refractivity contribution in [1.29, 1.82) is 0 Å². The van der Waals surface area contributed by atoms with E-state index in [0.29, 0.717) is 29.6 Å². The minimum Gasteiger partial charge on any atom is -0.489 e. The summed E-state index contributed by atoms with van der Waals surface area (Å²) in [5.41, 5.74) is 2.29. The molecular weight excluding hydrogens is 516 g/mol. The Bertz CT molecular complexity index is 1340. The van der Waals surface area contributed by atoms with Gasteiger partial charge in [0.1, 0.15) is 24.5 Å². The van der Waals surface area contributed by atoms with E-state index in [9.17, 15) is 18.3 Å². The maximum Gasteiger partial charge on any atom is 0.335 e. The van der Waals surface area contributed by atoms with Gasteiger partial charge in [-0.15, -0.1) is 11.3 Å². The Morgan fingerprint density at radius 2 is 2.05 bits per heavy atom. The lowest BCUT2D eigenvalue weighted by Gasteiger charge is -2.16. The van der Waals surface area contributed by atoms with E-state index in [1.165, 1.54) is 23.9 Å². The molecule has 198 valence electrons. The van der Waals surface area contributed by atoms with Gasteiger partial charge >= 0.3 is 10.3 Å². The van der Waals surface area contributed by atoms with Crippen LogP contribution in [0.5, 0.6) is 5.75 Å². The van der Waals surface area contributed by atoms with Crippen LogP contribution in [0.25, 0.3) is 0 Å². The third-order valence-corrected chi connectivity index (χ3v) is 8.16. The molecule has 1 saturated carbocycles. The van der Waals surface area contributed by atoms with Crippen molar-refractivity contribution >= 4 is 33.2 Å². The van der Waals surface area contributed by atoms with Gasteiger partial charge in [-0.2, -0.15) is 13.1 Å². The number of carbonyl (C=O) groups is 1. The third kappa shape index (κ3) is 6.70. The van der Waals surface area contributed by atoms with Crippen LogP contribution in [0.2, 0.25) is 0 Å². The number of anilines is 1. The Morgan fingerprint density at radius 1 is 1.27 bits per heavy atom. The second-order valence-corrected chi connectivity index (χ2v) is 11.5. The van der Waals surface area contributed by atoms with Crippen molar-refractivity contribution in [2.24, 2.45) is 0 Å². The lowest BCUT2D eigenvalue weighted by molar-refractivity contribution is 0.104. The molecule has 0 unspecified atom stereocenters. The van der Waals surface area contributed by atoms with Gasteiger partial charge in [-0.25, -0.2) is 9.97 Å². The summed E-state index contributed by atoms with van der Waals surface area (Å²) in [5, 5.41) is 15.4. The number of thiophene rings is 1. The standard InChI is InChI=1S/C25H30N4O6S2/c1-15(2)18-6-4-5-7-22(18)35-12-16-8-23(36-13-16)24(31)19-11-26-14-27-25(19)28-17-9-20(21(30)10-17)29-37(32,33)34-3/h4-8,11,13-15,17,20-21,29-30H,9-10,12H2,1-3H3,(H,26,27,28)/t17-,20-,21+/m1/s1. The number of para-hydroxylation sites is 1. The third-order valence-electron chi connectivity index (χ3n) is 6.15. The molecule has 12 heteroatoms. The molecular formula is C25H30N4O6S2. The van der Waals surface area contributed by atoms with Crippen molar-refractivity contribution in [2.45, 2.75) is 57.4 Å². The van der Waals surface area contributed by atoms with E-state index >= 15 is 0 Å². The molecule has 10 nitrogen and oxygen atoms in total. The zero-order chi connectivity index (χ0) is 26.6. The number of aliphatic hydroxyl groups is 1. The van der Waals surface area contributed by atoms with Gasteiger partial charge < -0.3 is 15.2 Å². The van der Waals surface area contributed by atoms with Crippen LogP contribution in [0.3, 0.4) is 0 Å². The highest BCUT2D eigenvalue weighted by Crippen LogP contribution is 2.29. The second-order valence-electron chi connectivity index (χ2n) is 9.14. The van der Waals surface area contributed by atoms with Crippen LogP contribution >= 0.6 is 11.3 Å². The van der Waals surface area contributed by atoms with E-state index in [-0.39, 0.29) is 23.8 Å². The van der Waals surface area contributed by atoms with Crippen LogP contribution in [-0.2, 0) is 21.1 Å². The number of hydrogen-bond acceptors (Lipinski definition) is 10. The SMILES string of the molecule is COS(=O)(=O)N[C@@H]1C[C@@H](Nc2ncncc2C(=O)c2cc(COc3ccccc3C(C)C)cs2)C[C@@H]1O. The van der Waals surface area contributed by atoms with Crippen LogP contribution in [0.1, 0.15) is 59.0 Å². The fourth-order valence-corrected chi connectivity index (χ4v) is 5.82. The smallest absolute Gasteiger partial charge is 0.335 e. The Hall–Kier alpha value is -2.90. The number of benzene rings is 1. The molecule has 1 aliphatic carbocycles. The molecule has 1 aliphatic rings. The molecule has 37 heavy (non-hydrogen) atoms. The second kappa shape index (κ2) is 11.7. The number of nitrogens with zero attached hydrogens (tertiary/aromatic N) is 2. The first-order valence-electron chi connectivity index (χ1n) is 11.8. The average molecular weight is 547 g/mol. The summed E-state index contributed by atoms with van der Waals surface area (Å²) in [6.45, 7) is 4.56. The number of ketones is 1. The van der Waals surface area contributed by atoms with E-state index in [1.54, 1.807) is 6.07 Å². The van der Waals surface area contributed by atoms with Gasteiger partial charge in [-0.05, 0) is 41.8 Å². The van der Waals surface area contributed by atoms with Gasteiger partial charge in [0.15, 0.2) is 0 Å². The fraction of sp³-hybridized carbons (Fsp3) is 0.400. The zero-order valence-electron chi connectivity index (χ0n) is 20.7. The molecule has 2 heterocycles. The Kier molecular flexibility index (Phi) is 8.55. The van der Waals surface area contributed by atoms with Gasteiger partial charge in [0.2, 0.25) is 5.78 Å². The summed E-state index contributed by atoms with van der Waals surface area (Å²) in [6.07, 6.45) is 2.43. The van der Waals surface area contributed by atoms with Crippen molar-refractivity contribution in [3.63, 3.8) is 0 Å². The van der Waals surface area contributed by atoms with Crippen LogP contribution < -0.4 is 14.8 Å². The Balaban J connectivity index is 1.43. The number of aromatic nitrogens is 2. The quantitative estimate of drug-likeness (QED) is 0.309. The maximum absolute atomic E-state index is 13.3. The van der Waals surface area contributed by atoms with Gasteiger partial charge in [-0.1, -0.05) is 32.0 Å². The molecule has 0 amide bonds. The first kappa shape index (κ1) is 27.1. The molecule has 2 aromatic heterocycles. The van der Waals surface area contributed by atoms with E-state index < -0.39 is 22.4 Å². The minimum atomic E-state index is -3.94. The Morgan fingerprint density at radius 3 is 2.81 bits per heavy atom. The molecule has 1 aromatic carbocycles. The van der Waals surface area contributed by atoms with Crippen molar-refractivity contribution in [3.8, 4) is 5.75 Å². The van der Waals surface area contributed by atoms with E-state index in [1.807, 2.05) is 29.6 Å². The van der Waals surface area contributed by atoms with Gasteiger partial charge in [0.05, 0.1) is 29.7 Å². The lowest BCUT2D eigenvalue weighted by atomic mass is 10.0. The summed E-state index contributed by atoms with van der Waals surface area (Å²) in [6, 6.07) is 8.69. The van der Waals surface area contributed by atoms with Gasteiger partial charge in [0.25, 0.3) is 0 Å². The molecule has 3 N–H and O–H groups in total. The number of aliphatic hydroxyl groups excluding tert-OH is 1. The highest BCUT2D eigenvalue weighted by atomic mass is 32.2. The summed E-state index contributed by atoms with van der Waals surface area (Å²) in [5.74, 6) is 1.24. The molecule has 4 rings (SSSR count). The number of nitrogens with one attached hydrogen (secondary N) is 2. The van der Waals surface area contributed by atoms with E-state index in [4.69, 9.17) is 4.74 Å². The van der Waals surface area contributed by atoms with E-state index in [2.05, 4.69) is 38.0 Å². The topological polar surface area (TPSA) is 140 Å². The number of carbonyl (C=O) groups excluding carboxylic acids is 1. The maximum atomic E-state index is 13.3. The normalized spacial score (nSPS) is 19.8. The van der Waals surface area contributed by atoms with Crippen molar-refractivity contribution in [3.05, 3.63) is 69.8 Å². The summed E-state index contributed by atoms with van der Waals surface area (Å²) < 4.78 is 36.2. The molecule has 0 spiro atoms. The Labute approximate surface area is 220 Å². The number of rotatable bonds is 11. The summed E-state index contributed by atoms with van der Waals surface area (Å²) in [4.78, 5) is 22.1. The van der Waals surface area contributed by atoms with E-state index in [0.717, 1.165) is 24.0 Å². The van der Waals surface area contributed by atoms with Crippen molar-refractivity contribution in [2.75, 3.05) is 12.4 Å². The molecule has 0 bridgehead atoms. The van der Waals surface area contributed by atoms with Crippen molar-refractivity contribution < 1.29 is 27.2 Å². The lowest BCUT2D eigenvalue weighted by Crippen LogP contribution is -2.40. The molecule has 3 aromatic rings. The van der Waals surface area contributed by atoms with Crippen molar-refractivity contribution in [1.82, 2.24) is 14.7 Å². The molecule has 0 aliphatic heterocycles. The summed E-state index contributed by atoms with van der Waals surface area (Å²) >= 11 is 1.32. The fourth-order valence-electron chi connectivity index (χ4n) is 4.25. The predicted octanol–water partition coefficient (Wildman–Crippen LogP) is 3.26. The molecule has 3 atom stereocenters.